The Labute approximate surface area is 153 Å². The number of halogens is 1. The highest BCUT2D eigenvalue weighted by Crippen LogP contribution is 2.22. The third-order valence-electron chi connectivity index (χ3n) is 3.42. The lowest BCUT2D eigenvalue weighted by atomic mass is 10.2. The second-order valence-corrected chi connectivity index (χ2v) is 6.25. The Bertz CT molecular complexity index is 883. The number of benzene rings is 2. The van der Waals surface area contributed by atoms with Crippen LogP contribution >= 0.6 is 11.8 Å². The van der Waals surface area contributed by atoms with Gasteiger partial charge >= 0.3 is 0 Å². The molecule has 134 valence electrons. The molecule has 1 heterocycles. The smallest absolute Gasteiger partial charge is 0.257 e. The number of hydrogen-bond acceptors (Lipinski definition) is 6. The number of para-hydroxylation sites is 1. The van der Waals surface area contributed by atoms with Crippen LogP contribution in [0, 0.1) is 5.82 Å². The molecule has 1 aromatic heterocycles. The summed E-state index contributed by atoms with van der Waals surface area (Å²) in [4.78, 5) is 16.2. The number of carbonyl (C=O) groups excluding carboxylic acids is 1. The number of rotatable bonds is 7. The van der Waals surface area contributed by atoms with Gasteiger partial charge in [-0.25, -0.2) is 4.39 Å². The third-order valence-corrected chi connectivity index (χ3v) is 4.35. The van der Waals surface area contributed by atoms with Gasteiger partial charge in [-0.05, 0) is 36.4 Å². The van der Waals surface area contributed by atoms with Crippen molar-refractivity contribution in [3.8, 4) is 17.2 Å². The summed E-state index contributed by atoms with van der Waals surface area (Å²) in [5.74, 6) is 1.43. The number of carbonyl (C=O) groups is 1. The first-order valence-corrected chi connectivity index (χ1v) is 8.90. The molecular weight excluding hydrogens is 357 g/mol. The topological polar surface area (TPSA) is 77.2 Å². The van der Waals surface area contributed by atoms with Crippen molar-refractivity contribution in [3.05, 3.63) is 60.2 Å². The van der Waals surface area contributed by atoms with E-state index in [9.17, 15) is 9.18 Å². The van der Waals surface area contributed by atoms with E-state index in [0.29, 0.717) is 17.5 Å². The second kappa shape index (κ2) is 8.48. The predicted octanol–water partition coefficient (Wildman–Crippen LogP) is 3.76. The highest BCUT2D eigenvalue weighted by Gasteiger charge is 2.11. The van der Waals surface area contributed by atoms with Gasteiger partial charge in [-0.3, -0.25) is 4.79 Å². The average molecular weight is 373 g/mol. The molecule has 0 spiro atoms. The van der Waals surface area contributed by atoms with Crippen molar-refractivity contribution < 1.29 is 18.4 Å². The molecule has 1 amide bonds. The van der Waals surface area contributed by atoms with Crippen molar-refractivity contribution >= 4 is 23.4 Å². The summed E-state index contributed by atoms with van der Waals surface area (Å²) in [6.07, 6.45) is 0. The lowest BCUT2D eigenvalue weighted by Gasteiger charge is -2.05. The van der Waals surface area contributed by atoms with Crippen LogP contribution in [-0.4, -0.2) is 28.9 Å². The lowest BCUT2D eigenvalue weighted by molar-refractivity contribution is -0.113. The van der Waals surface area contributed by atoms with E-state index in [0.717, 1.165) is 11.3 Å². The molecule has 6 nitrogen and oxygen atoms in total. The Kier molecular flexibility index (Phi) is 5.85. The van der Waals surface area contributed by atoms with Gasteiger partial charge in [0.25, 0.3) is 5.89 Å². The average Bonchev–Trinajstić information content (AvgIpc) is 3.12. The van der Waals surface area contributed by atoms with Crippen LogP contribution in [0.15, 0.2) is 53.1 Å². The van der Waals surface area contributed by atoms with Crippen molar-refractivity contribution in [1.29, 1.82) is 0 Å². The van der Waals surface area contributed by atoms with Crippen LogP contribution in [0.5, 0.6) is 5.75 Å². The van der Waals surface area contributed by atoms with Crippen molar-refractivity contribution in [3.63, 3.8) is 0 Å². The van der Waals surface area contributed by atoms with E-state index in [4.69, 9.17) is 9.26 Å². The summed E-state index contributed by atoms with van der Waals surface area (Å²) in [7, 11) is 1.60. The molecule has 0 atom stereocenters. The van der Waals surface area contributed by atoms with Crippen LogP contribution in [0.2, 0.25) is 0 Å². The number of ether oxygens (including phenoxy) is 1. The molecule has 0 unspecified atom stereocenters. The van der Waals surface area contributed by atoms with Crippen LogP contribution in [0.1, 0.15) is 5.82 Å². The van der Waals surface area contributed by atoms with E-state index >= 15 is 0 Å². The van der Waals surface area contributed by atoms with Gasteiger partial charge in [-0.1, -0.05) is 17.3 Å². The third kappa shape index (κ3) is 4.60. The Morgan fingerprint density at radius 2 is 2.00 bits per heavy atom. The standard InChI is InChI=1S/C18H16FN3O3S/c1-24-13-8-6-12(7-9-13)18-21-16(22-25-18)10-26-11-17(23)20-15-5-3-2-4-14(15)19/h2-9H,10-11H2,1H3,(H,20,23). The molecule has 0 aliphatic carbocycles. The van der Waals surface area contributed by atoms with Gasteiger partial charge in [0.2, 0.25) is 5.91 Å². The van der Waals surface area contributed by atoms with E-state index in [1.807, 2.05) is 12.1 Å². The zero-order valence-electron chi connectivity index (χ0n) is 13.9. The molecule has 0 aliphatic heterocycles. The van der Waals surface area contributed by atoms with Gasteiger partial charge in [0.15, 0.2) is 5.82 Å². The van der Waals surface area contributed by atoms with Crippen LogP contribution in [0.25, 0.3) is 11.5 Å². The molecule has 0 aliphatic rings. The molecule has 8 heteroatoms. The fourth-order valence-corrected chi connectivity index (χ4v) is 2.81. The van der Waals surface area contributed by atoms with E-state index < -0.39 is 5.82 Å². The van der Waals surface area contributed by atoms with E-state index in [1.54, 1.807) is 31.4 Å². The summed E-state index contributed by atoms with van der Waals surface area (Å²) in [6, 6.07) is 13.3. The van der Waals surface area contributed by atoms with Crippen LogP contribution in [0.3, 0.4) is 0 Å². The Morgan fingerprint density at radius 3 is 2.73 bits per heavy atom. The Balaban J connectivity index is 1.50. The predicted molar refractivity (Wildman–Crippen MR) is 97.5 cm³/mol. The number of methoxy groups -OCH3 is 1. The summed E-state index contributed by atoms with van der Waals surface area (Å²) < 4.78 is 23.8. The number of nitrogens with one attached hydrogen (secondary N) is 1. The first-order valence-electron chi connectivity index (χ1n) is 7.75. The molecule has 3 rings (SSSR count). The van der Waals surface area contributed by atoms with E-state index in [-0.39, 0.29) is 17.3 Å². The minimum atomic E-state index is -0.465. The molecule has 0 radical (unpaired) electrons. The lowest BCUT2D eigenvalue weighted by Crippen LogP contribution is -2.15. The summed E-state index contributed by atoms with van der Waals surface area (Å²) in [5.41, 5.74) is 0.950. The maximum absolute atomic E-state index is 13.5. The van der Waals surface area contributed by atoms with Gasteiger partial charge in [-0.15, -0.1) is 11.8 Å². The molecule has 3 aromatic rings. The highest BCUT2D eigenvalue weighted by molar-refractivity contribution is 7.99. The molecule has 0 saturated carbocycles. The van der Waals surface area contributed by atoms with Crippen molar-refractivity contribution in [2.24, 2.45) is 0 Å². The van der Waals surface area contributed by atoms with Gasteiger partial charge < -0.3 is 14.6 Å². The monoisotopic (exact) mass is 373 g/mol. The van der Waals surface area contributed by atoms with E-state index in [2.05, 4.69) is 15.5 Å². The molecule has 0 bridgehead atoms. The number of nitrogens with zero attached hydrogens (tertiary/aromatic N) is 2. The molecule has 26 heavy (non-hydrogen) atoms. The molecule has 0 saturated heterocycles. The van der Waals surface area contributed by atoms with Crippen LogP contribution in [-0.2, 0) is 10.5 Å². The van der Waals surface area contributed by atoms with Crippen molar-refractivity contribution in [2.45, 2.75) is 5.75 Å². The van der Waals surface area contributed by atoms with Gasteiger partial charge in [0.05, 0.1) is 24.3 Å². The number of anilines is 1. The van der Waals surface area contributed by atoms with Crippen molar-refractivity contribution in [1.82, 2.24) is 10.1 Å². The number of hydrogen-bond donors (Lipinski definition) is 1. The fraction of sp³-hybridized carbons (Fsp3) is 0.167. The highest BCUT2D eigenvalue weighted by atomic mass is 32.2. The number of aromatic nitrogens is 2. The first kappa shape index (κ1) is 17.9. The van der Waals surface area contributed by atoms with Gasteiger partial charge in [0, 0.05) is 5.56 Å². The summed E-state index contributed by atoms with van der Waals surface area (Å²) in [5, 5.41) is 6.43. The second-order valence-electron chi connectivity index (χ2n) is 5.27. The maximum atomic E-state index is 13.5. The Hall–Kier alpha value is -2.87. The van der Waals surface area contributed by atoms with Gasteiger partial charge in [0.1, 0.15) is 11.6 Å². The molecular formula is C18H16FN3O3S. The van der Waals surface area contributed by atoms with Crippen molar-refractivity contribution in [2.75, 3.05) is 18.2 Å². The van der Waals surface area contributed by atoms with Crippen LogP contribution < -0.4 is 10.1 Å². The minimum absolute atomic E-state index is 0.154. The largest absolute Gasteiger partial charge is 0.497 e. The quantitative estimate of drug-likeness (QED) is 0.680. The normalized spacial score (nSPS) is 10.5. The summed E-state index contributed by atoms with van der Waals surface area (Å²) >= 11 is 1.31. The zero-order chi connectivity index (χ0) is 18.4. The SMILES string of the molecule is COc1ccc(-c2nc(CSCC(=O)Nc3ccccc3F)no2)cc1. The minimum Gasteiger partial charge on any atom is -0.497 e. The summed E-state index contributed by atoms with van der Waals surface area (Å²) in [6.45, 7) is 0. The maximum Gasteiger partial charge on any atom is 0.257 e. The zero-order valence-corrected chi connectivity index (χ0v) is 14.8. The molecule has 1 N–H and O–H groups in total. The van der Waals surface area contributed by atoms with E-state index in [1.165, 1.54) is 23.9 Å². The molecule has 2 aromatic carbocycles. The Morgan fingerprint density at radius 1 is 1.23 bits per heavy atom. The number of amides is 1. The number of thioether (sulfide) groups is 1. The fourth-order valence-electron chi connectivity index (χ4n) is 2.15. The first-order chi connectivity index (χ1) is 12.7. The van der Waals surface area contributed by atoms with Crippen LogP contribution in [0.4, 0.5) is 10.1 Å². The molecule has 0 fully saturated rings. The van der Waals surface area contributed by atoms with Gasteiger partial charge in [-0.2, -0.15) is 4.98 Å².